The summed E-state index contributed by atoms with van der Waals surface area (Å²) in [5, 5.41) is 8.80. The molecular weight excluding hydrogens is 330 g/mol. The van der Waals surface area contributed by atoms with Crippen molar-refractivity contribution >= 4 is 39.1 Å². The molecule has 8 heteroatoms. The van der Waals surface area contributed by atoms with Crippen LogP contribution in [0.15, 0.2) is 51.6 Å². The highest BCUT2D eigenvalue weighted by Crippen LogP contribution is 2.21. The second-order valence-electron chi connectivity index (χ2n) is 3.98. The monoisotopic (exact) mass is 343 g/mol. The first-order valence-electron chi connectivity index (χ1n) is 6.00. The van der Waals surface area contributed by atoms with Crippen LogP contribution in [0.5, 0.6) is 0 Å². The predicted molar refractivity (Wildman–Crippen MR) is 83.6 cm³/mol. The fraction of sp³-hybridized carbons (Fsp3) is 0.154. The third-order valence-electron chi connectivity index (χ3n) is 2.46. The fourth-order valence-corrected chi connectivity index (χ4v) is 4.65. The summed E-state index contributed by atoms with van der Waals surface area (Å²) in [6, 6.07) is 12.3. The summed E-state index contributed by atoms with van der Waals surface area (Å²) in [5.41, 5.74) is 0. The van der Waals surface area contributed by atoms with Crippen molar-refractivity contribution in [3.05, 3.63) is 47.3 Å². The van der Waals surface area contributed by atoms with E-state index in [1.807, 2.05) is 30.3 Å². The van der Waals surface area contributed by atoms with Crippen molar-refractivity contribution in [3.8, 4) is 0 Å². The minimum Gasteiger partial charge on any atom is -0.477 e. The smallest absolute Gasteiger partial charge is 0.345 e. The van der Waals surface area contributed by atoms with E-state index in [4.69, 9.17) is 5.11 Å². The Kier molecular flexibility index (Phi) is 5.40. The first-order chi connectivity index (χ1) is 9.99. The van der Waals surface area contributed by atoms with E-state index in [9.17, 15) is 13.2 Å². The average molecular weight is 343 g/mol. The highest BCUT2D eigenvalue weighted by molar-refractivity contribution is 7.99. The van der Waals surface area contributed by atoms with Crippen LogP contribution in [0.4, 0.5) is 0 Å². The van der Waals surface area contributed by atoms with Gasteiger partial charge in [0.1, 0.15) is 9.09 Å². The van der Waals surface area contributed by atoms with E-state index in [1.165, 1.54) is 12.1 Å². The lowest BCUT2D eigenvalue weighted by atomic mass is 10.4. The first kappa shape index (κ1) is 16.0. The zero-order valence-corrected chi connectivity index (χ0v) is 13.3. The summed E-state index contributed by atoms with van der Waals surface area (Å²) in [7, 11) is -3.64. The molecule has 21 heavy (non-hydrogen) atoms. The Hall–Kier alpha value is -1.35. The number of thiophene rings is 1. The number of rotatable bonds is 7. The molecule has 1 aromatic carbocycles. The van der Waals surface area contributed by atoms with Gasteiger partial charge in [-0.05, 0) is 24.3 Å². The van der Waals surface area contributed by atoms with E-state index in [0.29, 0.717) is 5.75 Å². The summed E-state index contributed by atoms with van der Waals surface area (Å²) in [6.45, 7) is 0.280. The van der Waals surface area contributed by atoms with Gasteiger partial charge in [0.2, 0.25) is 10.0 Å². The van der Waals surface area contributed by atoms with Crippen LogP contribution < -0.4 is 4.72 Å². The SMILES string of the molecule is O=C(O)c1ccc(S(=O)(=O)NCCSc2ccccc2)s1. The van der Waals surface area contributed by atoms with Crippen LogP contribution in [0.3, 0.4) is 0 Å². The van der Waals surface area contributed by atoms with Crippen LogP contribution in [0.1, 0.15) is 9.67 Å². The highest BCUT2D eigenvalue weighted by atomic mass is 32.2. The lowest BCUT2D eigenvalue weighted by Crippen LogP contribution is -2.25. The lowest BCUT2D eigenvalue weighted by Gasteiger charge is -2.04. The third-order valence-corrected chi connectivity index (χ3v) is 6.50. The summed E-state index contributed by atoms with van der Waals surface area (Å²) in [6.07, 6.45) is 0. The zero-order valence-electron chi connectivity index (χ0n) is 10.9. The molecule has 0 amide bonds. The van der Waals surface area contributed by atoms with Crippen molar-refractivity contribution in [2.24, 2.45) is 0 Å². The minimum atomic E-state index is -3.64. The molecule has 0 radical (unpaired) electrons. The van der Waals surface area contributed by atoms with Gasteiger partial charge in [0.05, 0.1) is 0 Å². The number of thioether (sulfide) groups is 1. The van der Waals surface area contributed by atoms with E-state index < -0.39 is 16.0 Å². The Labute approximate surface area is 131 Å². The Balaban J connectivity index is 1.88. The van der Waals surface area contributed by atoms with Gasteiger partial charge in [-0.15, -0.1) is 23.1 Å². The van der Waals surface area contributed by atoms with Gasteiger partial charge in [-0.2, -0.15) is 0 Å². The van der Waals surface area contributed by atoms with Crippen LogP contribution in [-0.2, 0) is 10.0 Å². The second kappa shape index (κ2) is 7.08. The van der Waals surface area contributed by atoms with Crippen molar-refractivity contribution in [1.82, 2.24) is 4.72 Å². The highest BCUT2D eigenvalue weighted by Gasteiger charge is 2.18. The molecule has 0 saturated carbocycles. The van der Waals surface area contributed by atoms with Crippen molar-refractivity contribution in [3.63, 3.8) is 0 Å². The molecule has 5 nitrogen and oxygen atoms in total. The maximum atomic E-state index is 12.0. The normalized spacial score (nSPS) is 11.4. The summed E-state index contributed by atoms with van der Waals surface area (Å²) in [5.74, 6) is -0.526. The van der Waals surface area contributed by atoms with Gasteiger partial charge in [0, 0.05) is 17.2 Å². The quantitative estimate of drug-likeness (QED) is 0.596. The standard InChI is InChI=1S/C13H13NO4S3/c15-13(16)11-6-7-12(20-11)21(17,18)14-8-9-19-10-4-2-1-3-5-10/h1-7,14H,8-9H2,(H,15,16). The number of hydrogen-bond acceptors (Lipinski definition) is 5. The number of nitrogens with one attached hydrogen (secondary N) is 1. The van der Waals surface area contributed by atoms with E-state index in [-0.39, 0.29) is 15.6 Å². The molecule has 0 spiro atoms. The zero-order chi connectivity index (χ0) is 15.3. The molecule has 2 N–H and O–H groups in total. The van der Waals surface area contributed by atoms with E-state index in [0.717, 1.165) is 16.2 Å². The van der Waals surface area contributed by atoms with Crippen molar-refractivity contribution < 1.29 is 18.3 Å². The topological polar surface area (TPSA) is 83.5 Å². The van der Waals surface area contributed by atoms with E-state index in [1.54, 1.807) is 11.8 Å². The van der Waals surface area contributed by atoms with E-state index in [2.05, 4.69) is 4.72 Å². The van der Waals surface area contributed by atoms with Gasteiger partial charge in [-0.3, -0.25) is 0 Å². The van der Waals surface area contributed by atoms with E-state index >= 15 is 0 Å². The van der Waals surface area contributed by atoms with Crippen molar-refractivity contribution in [2.75, 3.05) is 12.3 Å². The molecule has 0 bridgehead atoms. The number of carbonyl (C=O) groups is 1. The molecule has 2 rings (SSSR count). The van der Waals surface area contributed by atoms with Crippen molar-refractivity contribution in [2.45, 2.75) is 9.10 Å². The molecule has 0 aliphatic heterocycles. The van der Waals surface area contributed by atoms with Crippen LogP contribution in [0.25, 0.3) is 0 Å². The Bertz CT molecular complexity index is 710. The van der Waals surface area contributed by atoms with Crippen LogP contribution >= 0.6 is 23.1 Å². The molecule has 0 aliphatic carbocycles. The second-order valence-corrected chi connectivity index (χ2v) is 8.23. The number of sulfonamides is 1. The summed E-state index contributed by atoms with van der Waals surface area (Å²) in [4.78, 5) is 11.8. The number of aromatic carboxylic acids is 1. The van der Waals surface area contributed by atoms with Gasteiger partial charge in [0.25, 0.3) is 0 Å². The van der Waals surface area contributed by atoms with Gasteiger partial charge in [-0.1, -0.05) is 18.2 Å². The number of carboxylic acids is 1. The maximum absolute atomic E-state index is 12.0. The molecule has 112 valence electrons. The Morgan fingerprint density at radius 2 is 1.90 bits per heavy atom. The number of hydrogen-bond donors (Lipinski definition) is 2. The third kappa shape index (κ3) is 4.57. The van der Waals surface area contributed by atoms with Crippen LogP contribution in [0.2, 0.25) is 0 Å². The van der Waals surface area contributed by atoms with Gasteiger partial charge in [0.15, 0.2) is 0 Å². The fourth-order valence-electron chi connectivity index (χ4n) is 1.51. The molecule has 0 saturated heterocycles. The first-order valence-corrected chi connectivity index (χ1v) is 9.28. The lowest BCUT2D eigenvalue weighted by molar-refractivity contribution is 0.0702. The molecule has 0 atom stereocenters. The number of benzene rings is 1. The summed E-state index contributed by atoms with van der Waals surface area (Å²) < 4.78 is 26.4. The largest absolute Gasteiger partial charge is 0.477 e. The molecule has 0 aliphatic rings. The molecule has 0 fully saturated rings. The molecule has 1 heterocycles. The Morgan fingerprint density at radius 1 is 1.19 bits per heavy atom. The summed E-state index contributed by atoms with van der Waals surface area (Å²) >= 11 is 2.29. The van der Waals surface area contributed by atoms with Crippen LogP contribution in [-0.4, -0.2) is 31.8 Å². The average Bonchev–Trinajstić information content (AvgIpc) is 2.96. The molecule has 0 unspecified atom stereocenters. The molecular formula is C13H13NO4S3. The molecule has 1 aromatic heterocycles. The van der Waals surface area contributed by atoms with Gasteiger partial charge < -0.3 is 5.11 Å². The van der Waals surface area contributed by atoms with Crippen molar-refractivity contribution in [1.29, 1.82) is 0 Å². The Morgan fingerprint density at radius 3 is 2.52 bits per heavy atom. The number of carboxylic acid groups (broad SMARTS) is 1. The minimum absolute atomic E-state index is 0.00837. The van der Waals surface area contributed by atoms with Gasteiger partial charge >= 0.3 is 5.97 Å². The van der Waals surface area contributed by atoms with Crippen LogP contribution in [0, 0.1) is 0 Å². The molecule has 2 aromatic rings. The maximum Gasteiger partial charge on any atom is 0.345 e. The van der Waals surface area contributed by atoms with Gasteiger partial charge in [-0.25, -0.2) is 17.9 Å². The predicted octanol–water partition coefficient (Wildman–Crippen LogP) is 2.52.